The van der Waals surface area contributed by atoms with Gasteiger partial charge >= 0.3 is 0 Å². The van der Waals surface area contributed by atoms with E-state index < -0.39 is 0 Å². The van der Waals surface area contributed by atoms with E-state index in [9.17, 15) is 0 Å². The summed E-state index contributed by atoms with van der Waals surface area (Å²) < 4.78 is 11.6. The molecule has 1 unspecified atom stereocenters. The van der Waals surface area contributed by atoms with Crippen LogP contribution in [0.1, 0.15) is 6.92 Å². The van der Waals surface area contributed by atoms with Crippen molar-refractivity contribution in [1.29, 1.82) is 0 Å². The van der Waals surface area contributed by atoms with Gasteiger partial charge in [0.1, 0.15) is 23.4 Å². The highest BCUT2D eigenvalue weighted by atomic mass is 35.5. The van der Waals surface area contributed by atoms with Crippen molar-refractivity contribution in [2.24, 2.45) is 0 Å². The van der Waals surface area contributed by atoms with Gasteiger partial charge in [-0.3, -0.25) is 0 Å². The van der Waals surface area contributed by atoms with Crippen molar-refractivity contribution in [3.63, 3.8) is 0 Å². The van der Waals surface area contributed by atoms with Gasteiger partial charge in [0.15, 0.2) is 0 Å². The monoisotopic (exact) mass is 387 g/mol. The molecule has 3 aromatic rings. The predicted octanol–water partition coefficient (Wildman–Crippen LogP) is 6.67. The molecule has 0 aliphatic heterocycles. The quantitative estimate of drug-likeness (QED) is 0.491. The molecule has 1 atom stereocenters. The summed E-state index contributed by atoms with van der Waals surface area (Å²) in [6.07, 6.45) is -0.0612. The molecule has 0 saturated heterocycles. The molecule has 0 spiro atoms. The van der Waals surface area contributed by atoms with Crippen molar-refractivity contribution in [1.82, 2.24) is 0 Å². The van der Waals surface area contributed by atoms with Crippen LogP contribution in [0.2, 0.25) is 10.0 Å². The number of ether oxygens (including phenoxy) is 2. The van der Waals surface area contributed by atoms with Gasteiger partial charge in [-0.05, 0) is 61.5 Å². The van der Waals surface area contributed by atoms with Gasteiger partial charge in [-0.25, -0.2) is 0 Å². The van der Waals surface area contributed by atoms with Gasteiger partial charge in [0.05, 0.1) is 11.6 Å². The van der Waals surface area contributed by atoms with Crippen molar-refractivity contribution in [2.75, 3.05) is 11.9 Å². The SMILES string of the molecule is CC(CNc1ccc(Oc2ccccc2)cc1)Oc1ccc(Cl)cc1Cl. The number of nitrogens with one attached hydrogen (secondary N) is 1. The fraction of sp³-hybridized carbons (Fsp3) is 0.143. The molecular formula is C21H19Cl2NO2. The molecule has 0 heterocycles. The van der Waals surface area contributed by atoms with Gasteiger partial charge in [-0.15, -0.1) is 0 Å². The molecule has 1 N–H and O–H groups in total. The lowest BCUT2D eigenvalue weighted by Gasteiger charge is -2.17. The van der Waals surface area contributed by atoms with E-state index >= 15 is 0 Å². The summed E-state index contributed by atoms with van der Waals surface area (Å²) in [5.41, 5.74) is 0.989. The Kier molecular flexibility index (Phi) is 6.26. The molecule has 0 radical (unpaired) electrons. The molecule has 3 rings (SSSR count). The Bertz CT molecular complexity index is 838. The predicted molar refractivity (Wildman–Crippen MR) is 108 cm³/mol. The summed E-state index contributed by atoms with van der Waals surface area (Å²) in [6, 6.07) is 22.7. The van der Waals surface area contributed by atoms with Crippen LogP contribution in [0.15, 0.2) is 72.8 Å². The Morgan fingerprint density at radius 2 is 1.58 bits per heavy atom. The van der Waals surface area contributed by atoms with Gasteiger partial charge in [0.25, 0.3) is 0 Å². The highest BCUT2D eigenvalue weighted by Gasteiger charge is 2.08. The first kappa shape index (κ1) is 18.4. The lowest BCUT2D eigenvalue weighted by Crippen LogP contribution is -2.22. The number of benzene rings is 3. The molecule has 3 aromatic carbocycles. The maximum Gasteiger partial charge on any atom is 0.138 e. The van der Waals surface area contributed by atoms with Gasteiger partial charge < -0.3 is 14.8 Å². The maximum absolute atomic E-state index is 6.13. The van der Waals surface area contributed by atoms with Gasteiger partial charge in [0, 0.05) is 10.7 Å². The van der Waals surface area contributed by atoms with Gasteiger partial charge in [0.2, 0.25) is 0 Å². The zero-order chi connectivity index (χ0) is 18.4. The Morgan fingerprint density at radius 3 is 2.27 bits per heavy atom. The molecule has 134 valence electrons. The van der Waals surface area contributed by atoms with Crippen molar-refractivity contribution in [3.8, 4) is 17.2 Å². The molecule has 5 heteroatoms. The maximum atomic E-state index is 6.13. The van der Waals surface area contributed by atoms with Crippen LogP contribution in [0.4, 0.5) is 5.69 Å². The zero-order valence-corrected chi connectivity index (χ0v) is 15.8. The van der Waals surface area contributed by atoms with Gasteiger partial charge in [-0.2, -0.15) is 0 Å². The zero-order valence-electron chi connectivity index (χ0n) is 14.3. The average molecular weight is 388 g/mol. The van der Waals surface area contributed by atoms with E-state index in [2.05, 4.69) is 5.32 Å². The van der Waals surface area contributed by atoms with Crippen LogP contribution in [0.25, 0.3) is 0 Å². The minimum Gasteiger partial charge on any atom is -0.487 e. The van der Waals surface area contributed by atoms with Crippen LogP contribution < -0.4 is 14.8 Å². The fourth-order valence-electron chi connectivity index (χ4n) is 2.36. The largest absolute Gasteiger partial charge is 0.487 e. The van der Waals surface area contributed by atoms with Crippen LogP contribution in [0.3, 0.4) is 0 Å². The Labute approximate surface area is 163 Å². The molecule has 3 nitrogen and oxygen atoms in total. The minimum atomic E-state index is -0.0612. The van der Waals surface area contributed by atoms with Crippen molar-refractivity contribution in [3.05, 3.63) is 82.8 Å². The summed E-state index contributed by atoms with van der Waals surface area (Å²) in [5.74, 6) is 2.23. The fourth-order valence-corrected chi connectivity index (χ4v) is 2.81. The van der Waals surface area contributed by atoms with Crippen LogP contribution in [-0.4, -0.2) is 12.6 Å². The lowest BCUT2D eigenvalue weighted by atomic mass is 10.2. The summed E-state index contributed by atoms with van der Waals surface area (Å²) >= 11 is 12.0. The third kappa shape index (κ3) is 5.32. The van der Waals surface area contributed by atoms with Crippen LogP contribution in [-0.2, 0) is 0 Å². The summed E-state index contributed by atoms with van der Waals surface area (Å²) in [7, 11) is 0. The molecular weight excluding hydrogens is 369 g/mol. The number of hydrogen-bond donors (Lipinski definition) is 1. The van der Waals surface area contributed by atoms with Gasteiger partial charge in [-0.1, -0.05) is 41.4 Å². The summed E-state index contributed by atoms with van der Waals surface area (Å²) in [6.45, 7) is 2.61. The van der Waals surface area contributed by atoms with E-state index in [0.717, 1.165) is 17.2 Å². The molecule has 26 heavy (non-hydrogen) atoms. The first-order valence-corrected chi connectivity index (χ1v) is 9.04. The van der Waals surface area contributed by atoms with E-state index in [1.165, 1.54) is 0 Å². The number of rotatable bonds is 7. The van der Waals surface area contributed by atoms with E-state index in [1.54, 1.807) is 18.2 Å². The normalized spacial score (nSPS) is 11.7. The number of halogens is 2. The Balaban J connectivity index is 1.51. The smallest absolute Gasteiger partial charge is 0.138 e. The van der Waals surface area contributed by atoms with E-state index in [0.29, 0.717) is 22.3 Å². The second kappa shape index (κ2) is 8.84. The Hall–Kier alpha value is -2.36. The molecule has 0 fully saturated rings. The van der Waals surface area contributed by atoms with E-state index in [1.807, 2.05) is 61.5 Å². The molecule has 0 aromatic heterocycles. The molecule has 0 aliphatic rings. The highest BCUT2D eigenvalue weighted by Crippen LogP contribution is 2.28. The Morgan fingerprint density at radius 1 is 0.885 bits per heavy atom. The molecule has 0 saturated carbocycles. The van der Waals surface area contributed by atoms with Crippen molar-refractivity contribution < 1.29 is 9.47 Å². The summed E-state index contributed by atoms with van der Waals surface area (Å²) in [4.78, 5) is 0. The third-order valence-corrected chi connectivity index (χ3v) is 4.18. The number of para-hydroxylation sites is 1. The lowest BCUT2D eigenvalue weighted by molar-refractivity contribution is 0.235. The minimum absolute atomic E-state index is 0.0612. The molecule has 0 bridgehead atoms. The molecule has 0 amide bonds. The van der Waals surface area contributed by atoms with Crippen LogP contribution in [0, 0.1) is 0 Å². The van der Waals surface area contributed by atoms with E-state index in [-0.39, 0.29) is 6.10 Å². The second-order valence-corrected chi connectivity index (χ2v) is 6.67. The van der Waals surface area contributed by atoms with Crippen LogP contribution in [0.5, 0.6) is 17.2 Å². The molecule has 0 aliphatic carbocycles. The second-order valence-electron chi connectivity index (χ2n) is 5.82. The van der Waals surface area contributed by atoms with Crippen LogP contribution >= 0.6 is 23.2 Å². The van der Waals surface area contributed by atoms with E-state index in [4.69, 9.17) is 32.7 Å². The standard InChI is InChI=1S/C21H19Cl2NO2/c1-15(25-21-12-7-16(22)13-20(21)23)14-24-17-8-10-19(11-9-17)26-18-5-3-2-4-6-18/h2-13,15,24H,14H2,1H3. The number of hydrogen-bond acceptors (Lipinski definition) is 3. The van der Waals surface area contributed by atoms with Crippen molar-refractivity contribution in [2.45, 2.75) is 13.0 Å². The third-order valence-electron chi connectivity index (χ3n) is 3.65. The summed E-state index contributed by atoms with van der Waals surface area (Å²) in [5, 5.41) is 4.43. The first-order valence-electron chi connectivity index (χ1n) is 8.29. The average Bonchev–Trinajstić information content (AvgIpc) is 2.64. The van der Waals surface area contributed by atoms with Crippen molar-refractivity contribution >= 4 is 28.9 Å². The first-order chi connectivity index (χ1) is 12.6. The topological polar surface area (TPSA) is 30.5 Å². The highest BCUT2D eigenvalue weighted by molar-refractivity contribution is 6.35. The number of anilines is 1.